The smallest absolute Gasteiger partial charge is 0.237 e. The predicted molar refractivity (Wildman–Crippen MR) is 125 cm³/mol. The standard InChI is InChI=1S/C24H41N3O4S/c28-23(27(21-9-5-2-6-10-21)22-13-16-32(30,31)18-22)17-26-14-11-20(12-15-26)25-24(29)19-7-3-1-4-8-19/h19-22H,1-18H2,(H,25,29). The summed E-state index contributed by atoms with van der Waals surface area (Å²) in [7, 11) is -3.02. The minimum Gasteiger partial charge on any atom is -0.353 e. The zero-order chi connectivity index (χ0) is 22.6. The average Bonchev–Trinajstić information content (AvgIpc) is 3.15. The van der Waals surface area contributed by atoms with E-state index < -0.39 is 9.84 Å². The molecule has 0 bridgehead atoms. The molecule has 32 heavy (non-hydrogen) atoms. The summed E-state index contributed by atoms with van der Waals surface area (Å²) in [6.07, 6.45) is 13.4. The van der Waals surface area contributed by atoms with E-state index in [1.807, 2.05) is 4.90 Å². The lowest BCUT2D eigenvalue weighted by atomic mass is 9.88. The van der Waals surface area contributed by atoms with Gasteiger partial charge in [-0.25, -0.2) is 8.42 Å². The highest BCUT2D eigenvalue weighted by Gasteiger charge is 2.39. The number of rotatable bonds is 6. The van der Waals surface area contributed by atoms with Crippen LogP contribution in [0.2, 0.25) is 0 Å². The molecule has 2 saturated carbocycles. The second-order valence-electron chi connectivity index (χ2n) is 10.5. The molecule has 0 radical (unpaired) electrons. The van der Waals surface area contributed by atoms with Crippen LogP contribution >= 0.6 is 0 Å². The molecule has 8 heteroatoms. The lowest BCUT2D eigenvalue weighted by Crippen LogP contribution is -2.53. The summed E-state index contributed by atoms with van der Waals surface area (Å²) < 4.78 is 24.2. The molecule has 2 amide bonds. The third-order valence-electron chi connectivity index (χ3n) is 8.13. The molecule has 4 fully saturated rings. The minimum absolute atomic E-state index is 0.101. The van der Waals surface area contributed by atoms with Crippen LogP contribution in [0.25, 0.3) is 0 Å². The Balaban J connectivity index is 1.28. The van der Waals surface area contributed by atoms with Crippen molar-refractivity contribution in [2.24, 2.45) is 5.92 Å². The van der Waals surface area contributed by atoms with Gasteiger partial charge in [0.15, 0.2) is 9.84 Å². The van der Waals surface area contributed by atoms with Crippen LogP contribution in [0.5, 0.6) is 0 Å². The van der Waals surface area contributed by atoms with Crippen LogP contribution in [0.15, 0.2) is 0 Å². The normalized spacial score (nSPS) is 28.4. The van der Waals surface area contributed by atoms with E-state index in [1.54, 1.807) is 0 Å². The average molecular weight is 468 g/mol. The van der Waals surface area contributed by atoms with Gasteiger partial charge in [-0.2, -0.15) is 0 Å². The molecule has 1 atom stereocenters. The quantitative estimate of drug-likeness (QED) is 0.649. The first-order chi connectivity index (χ1) is 15.4. The van der Waals surface area contributed by atoms with Crippen LogP contribution in [0.1, 0.15) is 83.5 Å². The van der Waals surface area contributed by atoms with Crippen molar-refractivity contribution in [2.75, 3.05) is 31.1 Å². The first-order valence-electron chi connectivity index (χ1n) is 13.0. The van der Waals surface area contributed by atoms with Gasteiger partial charge in [0, 0.05) is 37.1 Å². The summed E-state index contributed by atoms with van der Waals surface area (Å²) in [4.78, 5) is 30.1. The summed E-state index contributed by atoms with van der Waals surface area (Å²) in [5.41, 5.74) is 0. The molecule has 2 aliphatic carbocycles. The number of sulfone groups is 1. The van der Waals surface area contributed by atoms with Gasteiger partial charge in [0.2, 0.25) is 11.8 Å². The van der Waals surface area contributed by atoms with E-state index in [0.29, 0.717) is 13.0 Å². The van der Waals surface area contributed by atoms with Gasteiger partial charge in [-0.15, -0.1) is 0 Å². The van der Waals surface area contributed by atoms with Gasteiger partial charge < -0.3 is 10.2 Å². The van der Waals surface area contributed by atoms with E-state index in [2.05, 4.69) is 10.2 Å². The van der Waals surface area contributed by atoms with E-state index in [-0.39, 0.29) is 47.4 Å². The molecule has 7 nitrogen and oxygen atoms in total. The van der Waals surface area contributed by atoms with Crippen molar-refractivity contribution < 1.29 is 18.0 Å². The van der Waals surface area contributed by atoms with Crippen LogP contribution in [-0.4, -0.2) is 79.3 Å². The van der Waals surface area contributed by atoms with Crippen LogP contribution in [0.3, 0.4) is 0 Å². The number of nitrogens with zero attached hydrogens (tertiary/aromatic N) is 2. The molecule has 1 N–H and O–H groups in total. The zero-order valence-electron chi connectivity index (χ0n) is 19.5. The van der Waals surface area contributed by atoms with Gasteiger partial charge in [-0.1, -0.05) is 38.5 Å². The van der Waals surface area contributed by atoms with Gasteiger partial charge in [0.25, 0.3) is 0 Å². The molecular weight excluding hydrogens is 426 g/mol. The monoisotopic (exact) mass is 467 g/mol. The highest BCUT2D eigenvalue weighted by molar-refractivity contribution is 7.91. The second-order valence-corrected chi connectivity index (χ2v) is 12.8. The van der Waals surface area contributed by atoms with Crippen molar-refractivity contribution in [1.29, 1.82) is 0 Å². The number of amides is 2. The van der Waals surface area contributed by atoms with Crippen molar-refractivity contribution in [2.45, 2.75) is 102 Å². The minimum atomic E-state index is -3.02. The van der Waals surface area contributed by atoms with E-state index >= 15 is 0 Å². The summed E-state index contributed by atoms with van der Waals surface area (Å²) in [6, 6.07) is 0.259. The fraction of sp³-hybridized carbons (Fsp3) is 0.917. The molecule has 1 unspecified atom stereocenters. The van der Waals surface area contributed by atoms with E-state index in [4.69, 9.17) is 0 Å². The Morgan fingerprint density at radius 1 is 0.812 bits per heavy atom. The SMILES string of the molecule is O=C(NC1CCN(CC(=O)N(C2CCCCC2)C2CCS(=O)(=O)C2)CC1)C1CCCCC1. The van der Waals surface area contributed by atoms with Crippen molar-refractivity contribution >= 4 is 21.7 Å². The maximum absolute atomic E-state index is 13.4. The third kappa shape index (κ3) is 6.25. The highest BCUT2D eigenvalue weighted by Crippen LogP contribution is 2.29. The third-order valence-corrected chi connectivity index (χ3v) is 9.88. The van der Waals surface area contributed by atoms with E-state index in [1.165, 1.54) is 25.7 Å². The molecule has 2 heterocycles. The number of nitrogens with one attached hydrogen (secondary N) is 1. The van der Waals surface area contributed by atoms with Gasteiger partial charge >= 0.3 is 0 Å². The van der Waals surface area contributed by atoms with Crippen LogP contribution in [0.4, 0.5) is 0 Å². The predicted octanol–water partition coefficient (Wildman–Crippen LogP) is 2.50. The zero-order valence-corrected chi connectivity index (χ0v) is 20.3. The first kappa shape index (κ1) is 24.0. The summed E-state index contributed by atoms with van der Waals surface area (Å²) in [6.45, 7) is 1.99. The molecule has 0 aromatic rings. The fourth-order valence-corrected chi connectivity index (χ4v) is 7.96. The Bertz CT molecular complexity index is 751. The number of carbonyl (C=O) groups is 2. The molecule has 2 saturated heterocycles. The van der Waals surface area contributed by atoms with Crippen molar-refractivity contribution in [3.8, 4) is 0 Å². The molecule has 4 aliphatic rings. The van der Waals surface area contributed by atoms with Crippen LogP contribution in [0, 0.1) is 5.92 Å². The Labute approximate surface area is 193 Å². The first-order valence-corrected chi connectivity index (χ1v) is 14.8. The maximum atomic E-state index is 13.4. The lowest BCUT2D eigenvalue weighted by molar-refractivity contribution is -0.138. The molecule has 0 aromatic heterocycles. The summed E-state index contributed by atoms with van der Waals surface area (Å²) in [5.74, 6) is 0.856. The maximum Gasteiger partial charge on any atom is 0.237 e. The number of likely N-dealkylation sites (tertiary alicyclic amines) is 1. The van der Waals surface area contributed by atoms with E-state index in [0.717, 1.165) is 64.5 Å². The van der Waals surface area contributed by atoms with Gasteiger partial charge in [0.1, 0.15) is 0 Å². The molecule has 2 aliphatic heterocycles. The van der Waals surface area contributed by atoms with Gasteiger partial charge in [-0.3, -0.25) is 14.5 Å². The van der Waals surface area contributed by atoms with Crippen LogP contribution < -0.4 is 5.32 Å². The second kappa shape index (κ2) is 10.9. The fourth-order valence-electron chi connectivity index (χ4n) is 6.25. The van der Waals surface area contributed by atoms with Gasteiger partial charge in [0.05, 0.1) is 18.1 Å². The highest BCUT2D eigenvalue weighted by atomic mass is 32.2. The summed E-state index contributed by atoms with van der Waals surface area (Å²) >= 11 is 0. The summed E-state index contributed by atoms with van der Waals surface area (Å²) in [5, 5.41) is 3.26. The van der Waals surface area contributed by atoms with Crippen LogP contribution in [-0.2, 0) is 19.4 Å². The molecular formula is C24H41N3O4S. The van der Waals surface area contributed by atoms with E-state index in [9.17, 15) is 18.0 Å². The largest absolute Gasteiger partial charge is 0.353 e. The van der Waals surface area contributed by atoms with Crippen molar-refractivity contribution in [1.82, 2.24) is 15.1 Å². The molecule has 0 aromatic carbocycles. The Morgan fingerprint density at radius 3 is 2.03 bits per heavy atom. The number of hydrogen-bond donors (Lipinski definition) is 1. The number of carbonyl (C=O) groups excluding carboxylic acids is 2. The number of piperidine rings is 1. The molecule has 4 rings (SSSR count). The topological polar surface area (TPSA) is 86.8 Å². The lowest BCUT2D eigenvalue weighted by Gasteiger charge is -2.40. The van der Waals surface area contributed by atoms with Gasteiger partial charge in [-0.05, 0) is 44.9 Å². The molecule has 0 spiro atoms. The Hall–Kier alpha value is -1.15. The van der Waals surface area contributed by atoms with Crippen molar-refractivity contribution in [3.63, 3.8) is 0 Å². The Morgan fingerprint density at radius 2 is 1.44 bits per heavy atom. The molecule has 182 valence electrons. The van der Waals surface area contributed by atoms with Crippen molar-refractivity contribution in [3.05, 3.63) is 0 Å². The Kier molecular flexibility index (Phi) is 8.13. The number of hydrogen-bond acceptors (Lipinski definition) is 5.